The van der Waals surface area contributed by atoms with E-state index in [-0.39, 0.29) is 17.0 Å². The Morgan fingerprint density at radius 2 is 1.59 bits per heavy atom. The Morgan fingerprint density at radius 3 is 2.24 bits per heavy atom. The molecule has 0 fully saturated rings. The average Bonchev–Trinajstić information content (AvgIpc) is 3.04. The van der Waals surface area contributed by atoms with E-state index in [0.29, 0.717) is 11.3 Å². The van der Waals surface area contributed by atoms with Crippen molar-refractivity contribution in [1.82, 2.24) is 0 Å². The molecule has 1 N–H and O–H groups in total. The molecule has 4 rings (SSSR count). The van der Waals surface area contributed by atoms with Gasteiger partial charge in [0.1, 0.15) is 5.70 Å². The molecule has 3 aromatic carbocycles. The van der Waals surface area contributed by atoms with Crippen LogP contribution in [-0.2, 0) is 16.0 Å². The molecular formula is C28H26F2N2O2. The maximum absolute atomic E-state index is 13.8. The van der Waals surface area contributed by atoms with Crippen LogP contribution in [0.4, 0.5) is 20.2 Å². The number of carbonyl (C=O) groups is 2. The summed E-state index contributed by atoms with van der Waals surface area (Å²) in [6.07, 6.45) is 3.06. The molecule has 4 nitrogen and oxygen atoms in total. The molecule has 34 heavy (non-hydrogen) atoms. The van der Waals surface area contributed by atoms with E-state index in [1.165, 1.54) is 6.07 Å². The van der Waals surface area contributed by atoms with Gasteiger partial charge < -0.3 is 5.32 Å². The minimum Gasteiger partial charge on any atom is -0.350 e. The van der Waals surface area contributed by atoms with E-state index in [1.54, 1.807) is 18.2 Å². The third kappa shape index (κ3) is 4.49. The first-order valence-electron chi connectivity index (χ1n) is 11.3. The number of anilines is 2. The zero-order valence-corrected chi connectivity index (χ0v) is 19.4. The number of nitrogens with one attached hydrogen (secondary N) is 1. The minimum atomic E-state index is -1.05. The topological polar surface area (TPSA) is 49.4 Å². The van der Waals surface area contributed by atoms with E-state index in [9.17, 15) is 18.4 Å². The third-order valence-corrected chi connectivity index (χ3v) is 5.94. The molecule has 0 aliphatic carbocycles. The van der Waals surface area contributed by atoms with Crippen molar-refractivity contribution >= 4 is 28.8 Å². The molecule has 0 aromatic heterocycles. The van der Waals surface area contributed by atoms with E-state index < -0.39 is 23.4 Å². The maximum Gasteiger partial charge on any atom is 0.282 e. The second-order valence-corrected chi connectivity index (χ2v) is 8.54. The van der Waals surface area contributed by atoms with Gasteiger partial charge in [0.05, 0.1) is 11.3 Å². The summed E-state index contributed by atoms with van der Waals surface area (Å²) >= 11 is 0. The van der Waals surface area contributed by atoms with Gasteiger partial charge in [-0.1, -0.05) is 49.2 Å². The number of aryl methyl sites for hydroxylation is 3. The second-order valence-electron chi connectivity index (χ2n) is 8.54. The molecule has 0 spiro atoms. The summed E-state index contributed by atoms with van der Waals surface area (Å²) in [5.74, 6) is -3.06. The van der Waals surface area contributed by atoms with Crippen LogP contribution in [0.25, 0.3) is 5.57 Å². The van der Waals surface area contributed by atoms with Gasteiger partial charge >= 0.3 is 0 Å². The number of amides is 2. The molecule has 0 unspecified atom stereocenters. The zero-order chi connectivity index (χ0) is 24.4. The van der Waals surface area contributed by atoms with Crippen molar-refractivity contribution in [3.8, 4) is 0 Å². The first-order valence-corrected chi connectivity index (χ1v) is 11.3. The van der Waals surface area contributed by atoms with E-state index in [0.717, 1.165) is 53.0 Å². The summed E-state index contributed by atoms with van der Waals surface area (Å²) < 4.78 is 27.3. The van der Waals surface area contributed by atoms with E-state index in [2.05, 4.69) is 12.2 Å². The lowest BCUT2D eigenvalue weighted by molar-refractivity contribution is -0.120. The predicted octanol–water partition coefficient (Wildman–Crippen LogP) is 6.32. The van der Waals surface area contributed by atoms with Gasteiger partial charge in [-0.05, 0) is 67.6 Å². The van der Waals surface area contributed by atoms with Gasteiger partial charge in [-0.15, -0.1) is 0 Å². The van der Waals surface area contributed by atoms with Crippen molar-refractivity contribution < 1.29 is 18.4 Å². The normalized spacial score (nSPS) is 13.7. The molecule has 1 aliphatic heterocycles. The second kappa shape index (κ2) is 9.59. The maximum atomic E-state index is 13.8. The highest BCUT2D eigenvalue weighted by Gasteiger charge is 2.40. The van der Waals surface area contributed by atoms with Crippen LogP contribution in [0.3, 0.4) is 0 Å². The Labute approximate surface area is 197 Å². The first-order chi connectivity index (χ1) is 16.3. The monoisotopic (exact) mass is 460 g/mol. The Morgan fingerprint density at radius 1 is 0.853 bits per heavy atom. The highest BCUT2D eigenvalue weighted by Crippen LogP contribution is 2.35. The quantitative estimate of drug-likeness (QED) is 0.420. The Bertz CT molecular complexity index is 1300. The van der Waals surface area contributed by atoms with Crippen molar-refractivity contribution in [3.63, 3.8) is 0 Å². The molecule has 174 valence electrons. The Kier molecular flexibility index (Phi) is 6.59. The van der Waals surface area contributed by atoms with Crippen LogP contribution in [0.5, 0.6) is 0 Å². The fourth-order valence-electron chi connectivity index (χ4n) is 4.13. The third-order valence-electron chi connectivity index (χ3n) is 5.94. The van der Waals surface area contributed by atoms with Crippen LogP contribution in [0.1, 0.15) is 42.0 Å². The summed E-state index contributed by atoms with van der Waals surface area (Å²) in [6, 6.07) is 16.2. The highest BCUT2D eigenvalue weighted by molar-refractivity contribution is 6.46. The fraction of sp³-hybridized carbons (Fsp3) is 0.214. The lowest BCUT2D eigenvalue weighted by Gasteiger charge is -2.16. The molecule has 2 amide bonds. The lowest BCUT2D eigenvalue weighted by Crippen LogP contribution is -2.32. The standard InChI is InChI=1S/C28H26F2N2O2/c1-4-5-6-19-8-11-21(12-9-19)32-27(33)25(22-13-7-17(2)15-18(22)3)26(28(32)34)31-20-10-14-23(29)24(30)16-20/h7-16,31H,4-6H2,1-3H3. The van der Waals surface area contributed by atoms with Gasteiger partial charge in [0.2, 0.25) is 0 Å². The molecule has 6 heteroatoms. The van der Waals surface area contributed by atoms with Crippen LogP contribution in [0, 0.1) is 25.5 Å². The number of benzene rings is 3. The molecule has 1 heterocycles. The van der Waals surface area contributed by atoms with Gasteiger partial charge in [-0.3, -0.25) is 9.59 Å². The number of nitrogens with zero attached hydrogens (tertiary/aromatic N) is 1. The zero-order valence-electron chi connectivity index (χ0n) is 19.4. The summed E-state index contributed by atoms with van der Waals surface area (Å²) in [6.45, 7) is 5.94. The summed E-state index contributed by atoms with van der Waals surface area (Å²) in [4.78, 5) is 28.2. The average molecular weight is 461 g/mol. The summed E-state index contributed by atoms with van der Waals surface area (Å²) in [7, 11) is 0. The molecule has 3 aromatic rings. The minimum absolute atomic E-state index is 0.0259. The number of hydrogen-bond acceptors (Lipinski definition) is 3. The number of unbranched alkanes of at least 4 members (excludes halogenated alkanes) is 1. The lowest BCUT2D eigenvalue weighted by atomic mass is 9.97. The largest absolute Gasteiger partial charge is 0.350 e. The first kappa shape index (κ1) is 23.4. The van der Waals surface area contributed by atoms with Crippen LogP contribution in [0.2, 0.25) is 0 Å². The van der Waals surface area contributed by atoms with Crippen LogP contribution in [0.15, 0.2) is 66.4 Å². The molecule has 0 radical (unpaired) electrons. The van der Waals surface area contributed by atoms with Crippen LogP contribution < -0.4 is 10.2 Å². The molecule has 0 bridgehead atoms. The molecule has 0 saturated carbocycles. The number of rotatable bonds is 7. The van der Waals surface area contributed by atoms with Crippen molar-refractivity contribution in [2.45, 2.75) is 40.0 Å². The van der Waals surface area contributed by atoms with Crippen LogP contribution in [-0.4, -0.2) is 11.8 Å². The van der Waals surface area contributed by atoms with Crippen LogP contribution >= 0.6 is 0 Å². The van der Waals surface area contributed by atoms with Gasteiger partial charge in [0.25, 0.3) is 11.8 Å². The van der Waals surface area contributed by atoms with E-state index in [1.807, 2.05) is 38.1 Å². The smallest absolute Gasteiger partial charge is 0.282 e. The van der Waals surface area contributed by atoms with Gasteiger partial charge in [0.15, 0.2) is 11.6 Å². The Hall–Kier alpha value is -3.80. The number of halogens is 2. The summed E-state index contributed by atoms with van der Waals surface area (Å²) in [5.41, 5.74) is 4.45. The van der Waals surface area contributed by atoms with Gasteiger partial charge in [-0.2, -0.15) is 0 Å². The van der Waals surface area contributed by atoms with Crippen molar-refractivity contribution in [2.24, 2.45) is 0 Å². The predicted molar refractivity (Wildman–Crippen MR) is 130 cm³/mol. The summed E-state index contributed by atoms with van der Waals surface area (Å²) in [5, 5.41) is 2.88. The molecule has 0 saturated heterocycles. The van der Waals surface area contributed by atoms with E-state index in [4.69, 9.17) is 0 Å². The van der Waals surface area contributed by atoms with E-state index >= 15 is 0 Å². The van der Waals surface area contributed by atoms with Gasteiger partial charge in [-0.25, -0.2) is 13.7 Å². The number of imide groups is 1. The SMILES string of the molecule is CCCCc1ccc(N2C(=O)C(Nc3ccc(F)c(F)c3)=C(c3ccc(C)cc3C)C2=O)cc1. The van der Waals surface area contributed by atoms with Gasteiger partial charge in [0, 0.05) is 11.8 Å². The Balaban J connectivity index is 1.77. The van der Waals surface area contributed by atoms with Crippen molar-refractivity contribution in [1.29, 1.82) is 0 Å². The van der Waals surface area contributed by atoms with Crippen molar-refractivity contribution in [3.05, 3.63) is 100 Å². The number of hydrogen-bond donors (Lipinski definition) is 1. The number of carbonyl (C=O) groups excluding carboxylic acids is 2. The molecule has 0 atom stereocenters. The van der Waals surface area contributed by atoms with Crippen molar-refractivity contribution in [2.75, 3.05) is 10.2 Å². The fourth-order valence-corrected chi connectivity index (χ4v) is 4.13. The molecular weight excluding hydrogens is 434 g/mol. The molecule has 1 aliphatic rings. The highest BCUT2D eigenvalue weighted by atomic mass is 19.2.